The number of hydrogen-bond donors (Lipinski definition) is 1. The van der Waals surface area contributed by atoms with Crippen molar-refractivity contribution in [3.63, 3.8) is 0 Å². The summed E-state index contributed by atoms with van der Waals surface area (Å²) in [6.45, 7) is 3.80. The van der Waals surface area contributed by atoms with Crippen LogP contribution < -0.4 is 11.3 Å². The monoisotopic (exact) mass is 394 g/mol. The minimum Gasteiger partial charge on any atom is -0.402 e. The molecule has 0 saturated carbocycles. The molecule has 0 saturated heterocycles. The van der Waals surface area contributed by atoms with Crippen LogP contribution in [0.3, 0.4) is 0 Å². The molecule has 1 aromatic carbocycles. The number of hydrogen-bond acceptors (Lipinski definition) is 5. The third-order valence-corrected chi connectivity index (χ3v) is 4.94. The van der Waals surface area contributed by atoms with Gasteiger partial charge in [-0.3, -0.25) is 9.36 Å². The summed E-state index contributed by atoms with van der Waals surface area (Å²) in [5.41, 5.74) is 9.67. The van der Waals surface area contributed by atoms with Crippen LogP contribution in [0.1, 0.15) is 18.2 Å². The van der Waals surface area contributed by atoms with Gasteiger partial charge in [-0.15, -0.1) is 6.42 Å². The van der Waals surface area contributed by atoms with E-state index in [4.69, 9.17) is 12.2 Å². The normalized spacial score (nSPS) is 17.1. The lowest BCUT2D eigenvalue weighted by Gasteiger charge is -2.07. The lowest BCUT2D eigenvalue weighted by molar-refractivity contribution is 0.505. The second-order valence-corrected chi connectivity index (χ2v) is 8.09. The minimum atomic E-state index is -0.232. The topological polar surface area (TPSA) is 64.1 Å². The van der Waals surface area contributed by atoms with E-state index in [9.17, 15) is 4.79 Å². The molecule has 2 heterocycles. The number of rotatable bonds is 2. The SMILES string of the molecule is C#CC1Sc2c(ncn(-c3ccc(C)cc3)c2=O)/C1=C/C=C(/C)N.CN(C)C. The van der Waals surface area contributed by atoms with Crippen LogP contribution in [0.5, 0.6) is 0 Å². The molecule has 2 aromatic rings. The summed E-state index contributed by atoms with van der Waals surface area (Å²) in [6.07, 6.45) is 10.8. The predicted octanol–water partition coefficient (Wildman–Crippen LogP) is 3.07. The second-order valence-electron chi connectivity index (χ2n) is 6.97. The van der Waals surface area contributed by atoms with Crippen LogP contribution in [0.4, 0.5) is 0 Å². The fourth-order valence-electron chi connectivity index (χ4n) is 2.46. The average molecular weight is 395 g/mol. The van der Waals surface area contributed by atoms with E-state index in [0.29, 0.717) is 16.3 Å². The smallest absolute Gasteiger partial charge is 0.272 e. The molecule has 6 heteroatoms. The first-order valence-electron chi connectivity index (χ1n) is 8.81. The van der Waals surface area contributed by atoms with Crippen molar-refractivity contribution in [1.82, 2.24) is 14.5 Å². The number of aromatic nitrogens is 2. The number of benzene rings is 1. The van der Waals surface area contributed by atoms with Crippen LogP contribution in [0.15, 0.2) is 58.1 Å². The zero-order valence-corrected chi connectivity index (χ0v) is 17.7. The molecule has 1 aliphatic rings. The van der Waals surface area contributed by atoms with Crippen LogP contribution in [-0.4, -0.2) is 40.8 Å². The molecule has 146 valence electrons. The predicted molar refractivity (Wildman–Crippen MR) is 119 cm³/mol. The third-order valence-electron chi connectivity index (χ3n) is 3.71. The molecule has 0 aliphatic carbocycles. The molecule has 3 rings (SSSR count). The van der Waals surface area contributed by atoms with Gasteiger partial charge < -0.3 is 10.6 Å². The van der Waals surface area contributed by atoms with Crippen molar-refractivity contribution in [1.29, 1.82) is 0 Å². The quantitative estimate of drug-likeness (QED) is 0.793. The Morgan fingerprint density at radius 1 is 1.32 bits per heavy atom. The number of aryl methyl sites for hydroxylation is 1. The number of thioether (sulfide) groups is 1. The van der Waals surface area contributed by atoms with E-state index in [2.05, 4.69) is 10.9 Å². The van der Waals surface area contributed by atoms with E-state index < -0.39 is 0 Å². The van der Waals surface area contributed by atoms with Gasteiger partial charge in [0.05, 0.1) is 16.6 Å². The van der Waals surface area contributed by atoms with E-state index in [1.54, 1.807) is 23.9 Å². The molecular formula is C22H26N4OS. The maximum Gasteiger partial charge on any atom is 0.272 e. The highest BCUT2D eigenvalue weighted by atomic mass is 32.2. The minimum absolute atomic E-state index is 0.106. The lowest BCUT2D eigenvalue weighted by atomic mass is 10.1. The van der Waals surface area contributed by atoms with E-state index >= 15 is 0 Å². The number of nitrogens with two attached hydrogens (primary N) is 1. The summed E-state index contributed by atoms with van der Waals surface area (Å²) < 4.78 is 1.55. The standard InChI is InChI=1S/C19H17N3OS.C3H9N/c1-4-16-15(10-7-13(3)20)17-18(24-16)19(23)22(11-21-17)14-8-5-12(2)6-9-14;1-4(2)3/h1,5-11,16H,20H2,2-3H3;1-3H3/b13-7-,15-10+;. The molecule has 1 aromatic heterocycles. The lowest BCUT2D eigenvalue weighted by Crippen LogP contribution is -2.20. The summed E-state index contributed by atoms with van der Waals surface area (Å²) in [6, 6.07) is 7.74. The zero-order valence-electron chi connectivity index (χ0n) is 16.9. The van der Waals surface area contributed by atoms with Gasteiger partial charge in [0, 0.05) is 11.3 Å². The van der Waals surface area contributed by atoms with Crippen LogP contribution >= 0.6 is 11.8 Å². The highest BCUT2D eigenvalue weighted by Crippen LogP contribution is 2.41. The maximum atomic E-state index is 12.9. The van der Waals surface area contributed by atoms with E-state index in [1.165, 1.54) is 11.8 Å². The Morgan fingerprint density at radius 2 is 1.93 bits per heavy atom. The van der Waals surface area contributed by atoms with Gasteiger partial charge >= 0.3 is 0 Å². The molecule has 1 unspecified atom stereocenters. The van der Waals surface area contributed by atoms with Gasteiger partial charge in [-0.1, -0.05) is 41.5 Å². The van der Waals surface area contributed by atoms with Crippen molar-refractivity contribution in [2.24, 2.45) is 5.73 Å². The summed E-state index contributed by atoms with van der Waals surface area (Å²) in [7, 11) is 6.00. The Kier molecular flexibility index (Phi) is 7.27. The Morgan fingerprint density at radius 3 is 2.46 bits per heavy atom. The molecule has 0 fully saturated rings. The summed E-state index contributed by atoms with van der Waals surface area (Å²) in [5.74, 6) is 2.72. The van der Waals surface area contributed by atoms with Gasteiger partial charge in [0.2, 0.25) is 0 Å². The number of allylic oxidation sites excluding steroid dienone is 3. The molecule has 0 bridgehead atoms. The first-order chi connectivity index (χ1) is 13.2. The van der Waals surface area contributed by atoms with Crippen molar-refractivity contribution in [2.75, 3.05) is 21.1 Å². The summed E-state index contributed by atoms with van der Waals surface area (Å²) in [4.78, 5) is 19.9. The Bertz CT molecular complexity index is 988. The van der Waals surface area contributed by atoms with Crippen molar-refractivity contribution >= 4 is 17.3 Å². The molecule has 1 aliphatic heterocycles. The molecule has 0 spiro atoms. The van der Waals surface area contributed by atoms with E-state index in [-0.39, 0.29) is 10.8 Å². The van der Waals surface area contributed by atoms with Gasteiger partial charge in [-0.2, -0.15) is 0 Å². The average Bonchev–Trinajstić information content (AvgIpc) is 2.99. The number of nitrogens with zero attached hydrogens (tertiary/aromatic N) is 3. The van der Waals surface area contributed by atoms with Gasteiger partial charge in [-0.05, 0) is 53.2 Å². The molecule has 28 heavy (non-hydrogen) atoms. The number of terminal acetylenes is 1. The van der Waals surface area contributed by atoms with Gasteiger partial charge in [0.1, 0.15) is 11.2 Å². The highest BCUT2D eigenvalue weighted by Gasteiger charge is 2.30. The fraction of sp³-hybridized carbons (Fsp3) is 0.273. The molecule has 1 atom stereocenters. The van der Waals surface area contributed by atoms with Crippen LogP contribution in [0, 0.1) is 19.3 Å². The van der Waals surface area contributed by atoms with E-state index in [0.717, 1.165) is 16.8 Å². The van der Waals surface area contributed by atoms with Crippen molar-refractivity contribution in [3.05, 3.63) is 70.1 Å². The van der Waals surface area contributed by atoms with Crippen molar-refractivity contribution < 1.29 is 0 Å². The van der Waals surface area contributed by atoms with Crippen LogP contribution in [-0.2, 0) is 0 Å². The van der Waals surface area contributed by atoms with Gasteiger partial charge in [-0.25, -0.2) is 4.98 Å². The molecular weight excluding hydrogens is 368 g/mol. The van der Waals surface area contributed by atoms with Crippen molar-refractivity contribution in [3.8, 4) is 18.0 Å². The summed E-state index contributed by atoms with van der Waals surface area (Å²) in [5, 5.41) is -0.232. The Labute approximate surface area is 171 Å². The first-order valence-corrected chi connectivity index (χ1v) is 9.69. The molecule has 0 radical (unpaired) electrons. The Hall–Kier alpha value is -2.75. The summed E-state index contributed by atoms with van der Waals surface area (Å²) >= 11 is 1.36. The van der Waals surface area contributed by atoms with Crippen LogP contribution in [0.2, 0.25) is 0 Å². The zero-order chi connectivity index (χ0) is 20.8. The largest absolute Gasteiger partial charge is 0.402 e. The van der Waals surface area contributed by atoms with Crippen molar-refractivity contribution in [2.45, 2.75) is 24.0 Å². The van der Waals surface area contributed by atoms with Crippen LogP contribution in [0.25, 0.3) is 11.3 Å². The van der Waals surface area contributed by atoms with Gasteiger partial charge in [0.25, 0.3) is 5.56 Å². The first kappa shape index (κ1) is 21.5. The van der Waals surface area contributed by atoms with E-state index in [1.807, 2.05) is 63.3 Å². The Balaban J connectivity index is 0.000000640. The maximum absolute atomic E-state index is 12.9. The molecule has 5 nitrogen and oxygen atoms in total. The highest BCUT2D eigenvalue weighted by molar-refractivity contribution is 8.01. The number of fused-ring (bicyclic) bond motifs is 1. The molecule has 0 amide bonds. The fourth-order valence-corrected chi connectivity index (χ4v) is 3.56. The second kappa shape index (κ2) is 9.45. The van der Waals surface area contributed by atoms with Gasteiger partial charge in [0.15, 0.2) is 0 Å². The molecule has 2 N–H and O–H groups in total. The third kappa shape index (κ3) is 5.16.